The molecule has 0 saturated heterocycles. The molecule has 0 aromatic carbocycles. The van der Waals surface area contributed by atoms with Gasteiger partial charge in [0, 0.05) is 19.3 Å². The molecule has 0 aliphatic carbocycles. The summed E-state index contributed by atoms with van der Waals surface area (Å²) < 4.78 is 16.8. The predicted octanol–water partition coefficient (Wildman–Crippen LogP) is 19.6. The first-order chi connectivity index (χ1) is 33.5. The molecule has 0 rings (SSSR count). The zero-order valence-corrected chi connectivity index (χ0v) is 45.1. The fourth-order valence-electron chi connectivity index (χ4n) is 8.30. The van der Waals surface area contributed by atoms with Crippen molar-refractivity contribution in [1.29, 1.82) is 0 Å². The van der Waals surface area contributed by atoms with Crippen molar-refractivity contribution in [3.8, 4) is 0 Å². The molecule has 68 heavy (non-hydrogen) atoms. The Kier molecular flexibility index (Phi) is 54.3. The summed E-state index contributed by atoms with van der Waals surface area (Å²) in [5, 5.41) is 0. The zero-order chi connectivity index (χ0) is 49.3. The second-order valence-corrected chi connectivity index (χ2v) is 19.6. The molecule has 0 amide bonds. The molecule has 0 N–H and O–H groups in total. The molecule has 0 fully saturated rings. The van der Waals surface area contributed by atoms with Crippen LogP contribution in [0.5, 0.6) is 0 Å². The lowest BCUT2D eigenvalue weighted by molar-refractivity contribution is -0.167. The molecular weight excluding hydrogens is 841 g/mol. The van der Waals surface area contributed by atoms with Crippen LogP contribution in [0.15, 0.2) is 60.8 Å². The van der Waals surface area contributed by atoms with Gasteiger partial charge in [0.15, 0.2) is 6.10 Å². The normalized spacial score (nSPS) is 12.5. The molecule has 0 heterocycles. The van der Waals surface area contributed by atoms with Gasteiger partial charge < -0.3 is 14.2 Å². The van der Waals surface area contributed by atoms with Crippen molar-refractivity contribution in [1.82, 2.24) is 0 Å². The van der Waals surface area contributed by atoms with Crippen molar-refractivity contribution in [2.75, 3.05) is 13.2 Å². The largest absolute Gasteiger partial charge is 0.462 e. The second-order valence-electron chi connectivity index (χ2n) is 19.6. The highest BCUT2D eigenvalue weighted by atomic mass is 16.6. The van der Waals surface area contributed by atoms with E-state index in [0.717, 1.165) is 103 Å². The lowest BCUT2D eigenvalue weighted by Gasteiger charge is -2.18. The highest BCUT2D eigenvalue weighted by Gasteiger charge is 2.19. The lowest BCUT2D eigenvalue weighted by Crippen LogP contribution is -2.30. The molecule has 0 aliphatic rings. The average molecular weight is 952 g/mol. The van der Waals surface area contributed by atoms with Crippen molar-refractivity contribution < 1.29 is 28.6 Å². The third kappa shape index (κ3) is 54.1. The van der Waals surface area contributed by atoms with Crippen molar-refractivity contribution in [2.24, 2.45) is 0 Å². The fraction of sp³-hybridized carbons (Fsp3) is 0.790. The Hall–Kier alpha value is -2.89. The minimum atomic E-state index is -0.783. The van der Waals surface area contributed by atoms with E-state index in [1.54, 1.807) is 0 Å². The summed E-state index contributed by atoms with van der Waals surface area (Å²) in [5.41, 5.74) is 0. The second kappa shape index (κ2) is 56.7. The lowest BCUT2D eigenvalue weighted by atomic mass is 10.0. The molecule has 0 saturated carbocycles. The monoisotopic (exact) mass is 951 g/mol. The van der Waals surface area contributed by atoms with Crippen LogP contribution in [0.25, 0.3) is 0 Å². The van der Waals surface area contributed by atoms with Gasteiger partial charge in [-0.25, -0.2) is 0 Å². The van der Waals surface area contributed by atoms with Crippen LogP contribution < -0.4 is 0 Å². The van der Waals surface area contributed by atoms with Gasteiger partial charge in [-0.3, -0.25) is 14.4 Å². The van der Waals surface area contributed by atoms with Crippen LogP contribution in [0, 0.1) is 0 Å². The van der Waals surface area contributed by atoms with Crippen LogP contribution in [-0.2, 0) is 28.6 Å². The highest BCUT2D eigenvalue weighted by molar-refractivity contribution is 5.71. The zero-order valence-electron chi connectivity index (χ0n) is 45.1. The third-order valence-electron chi connectivity index (χ3n) is 12.7. The molecular formula is C62H110O6. The number of carbonyl (C=O) groups excluding carboxylic acids is 3. The van der Waals surface area contributed by atoms with Crippen LogP contribution >= 0.6 is 0 Å². The van der Waals surface area contributed by atoms with Gasteiger partial charge in [0.1, 0.15) is 13.2 Å². The Morgan fingerprint density at radius 1 is 0.294 bits per heavy atom. The number of allylic oxidation sites excluding steroid dienone is 10. The average Bonchev–Trinajstić information content (AvgIpc) is 3.34. The van der Waals surface area contributed by atoms with Crippen molar-refractivity contribution in [3.05, 3.63) is 60.8 Å². The van der Waals surface area contributed by atoms with Crippen LogP contribution in [0.2, 0.25) is 0 Å². The Labute approximate surface area is 421 Å². The quantitative estimate of drug-likeness (QED) is 0.0262. The van der Waals surface area contributed by atoms with Crippen molar-refractivity contribution in [2.45, 2.75) is 303 Å². The van der Waals surface area contributed by atoms with Crippen LogP contribution in [-0.4, -0.2) is 37.2 Å². The Bertz CT molecular complexity index is 1230. The molecule has 0 aromatic rings. The number of hydrogen-bond donors (Lipinski definition) is 0. The van der Waals surface area contributed by atoms with E-state index in [2.05, 4.69) is 81.5 Å². The first-order valence-electron chi connectivity index (χ1n) is 29.3. The summed E-state index contributed by atoms with van der Waals surface area (Å²) in [6.45, 7) is 6.60. The minimum Gasteiger partial charge on any atom is -0.462 e. The summed E-state index contributed by atoms with van der Waals surface area (Å²) in [5.74, 6) is -0.891. The molecule has 6 heteroatoms. The van der Waals surface area contributed by atoms with Crippen LogP contribution in [0.4, 0.5) is 0 Å². The number of hydrogen-bond acceptors (Lipinski definition) is 6. The van der Waals surface area contributed by atoms with E-state index in [1.807, 2.05) is 0 Å². The highest BCUT2D eigenvalue weighted by Crippen LogP contribution is 2.15. The standard InChI is InChI=1S/C62H110O6/c1-4-7-10-13-16-19-22-25-27-28-29-30-31-32-33-34-36-37-40-43-46-49-52-55-61(64)67-58-59(57-66-60(63)54-51-48-45-42-39-24-21-18-15-12-9-6-3)68-62(65)56-53-50-47-44-41-38-35-26-23-20-17-14-11-8-5-2/h17,20,22,25-26,28-29,31-32,35,59H,4-16,18-19,21,23-24,27,30,33-34,36-58H2,1-3H3/b20-17-,25-22-,29-28-,32-31-,35-26-. The summed E-state index contributed by atoms with van der Waals surface area (Å²) >= 11 is 0. The van der Waals surface area contributed by atoms with E-state index in [0.29, 0.717) is 19.3 Å². The molecule has 1 unspecified atom stereocenters. The number of ether oxygens (including phenoxy) is 3. The van der Waals surface area contributed by atoms with Gasteiger partial charge in [0.2, 0.25) is 0 Å². The van der Waals surface area contributed by atoms with E-state index in [4.69, 9.17) is 14.2 Å². The van der Waals surface area contributed by atoms with Gasteiger partial charge in [0.05, 0.1) is 0 Å². The molecule has 394 valence electrons. The number of unbranched alkanes of at least 4 members (excludes halogenated alkanes) is 32. The maximum atomic E-state index is 12.8. The maximum Gasteiger partial charge on any atom is 0.306 e. The number of carbonyl (C=O) groups is 3. The van der Waals surface area contributed by atoms with Gasteiger partial charge in [-0.1, -0.05) is 248 Å². The summed E-state index contributed by atoms with van der Waals surface area (Å²) in [4.78, 5) is 38.1. The predicted molar refractivity (Wildman–Crippen MR) is 293 cm³/mol. The van der Waals surface area contributed by atoms with Gasteiger partial charge in [-0.05, 0) is 89.9 Å². The van der Waals surface area contributed by atoms with Crippen molar-refractivity contribution >= 4 is 17.9 Å². The van der Waals surface area contributed by atoms with E-state index < -0.39 is 6.10 Å². The molecule has 0 spiro atoms. The molecule has 0 bridgehead atoms. The first-order valence-corrected chi connectivity index (χ1v) is 29.3. The van der Waals surface area contributed by atoms with Gasteiger partial charge in [-0.2, -0.15) is 0 Å². The summed E-state index contributed by atoms with van der Waals surface area (Å²) in [6, 6.07) is 0. The topological polar surface area (TPSA) is 78.9 Å². The summed E-state index contributed by atoms with van der Waals surface area (Å²) in [6.07, 6.45) is 70.7. The smallest absolute Gasteiger partial charge is 0.306 e. The number of rotatable bonds is 53. The maximum absolute atomic E-state index is 12.8. The SMILES string of the molecule is CCCCC/C=C\C/C=C\CCCCCCCC(=O)OC(COC(=O)CCCCCCCCCC/C=C\C/C=C\C/C=C\CCCCCCC)COC(=O)CCCCCCCCCCCCCC. The third-order valence-corrected chi connectivity index (χ3v) is 12.7. The Morgan fingerprint density at radius 3 is 0.853 bits per heavy atom. The number of esters is 3. The van der Waals surface area contributed by atoms with E-state index in [1.165, 1.54) is 154 Å². The minimum absolute atomic E-state index is 0.0800. The van der Waals surface area contributed by atoms with Crippen LogP contribution in [0.3, 0.4) is 0 Å². The molecule has 0 radical (unpaired) electrons. The van der Waals surface area contributed by atoms with Gasteiger partial charge >= 0.3 is 17.9 Å². The Morgan fingerprint density at radius 2 is 0.529 bits per heavy atom. The molecule has 1 atom stereocenters. The fourth-order valence-corrected chi connectivity index (χ4v) is 8.30. The van der Waals surface area contributed by atoms with E-state index in [9.17, 15) is 14.4 Å². The molecule has 6 nitrogen and oxygen atoms in total. The van der Waals surface area contributed by atoms with Gasteiger partial charge in [0.25, 0.3) is 0 Å². The molecule has 0 aliphatic heterocycles. The van der Waals surface area contributed by atoms with Crippen LogP contribution in [0.1, 0.15) is 297 Å². The molecule has 0 aromatic heterocycles. The van der Waals surface area contributed by atoms with Crippen molar-refractivity contribution in [3.63, 3.8) is 0 Å². The van der Waals surface area contributed by atoms with E-state index in [-0.39, 0.29) is 31.1 Å². The van der Waals surface area contributed by atoms with E-state index >= 15 is 0 Å². The summed E-state index contributed by atoms with van der Waals surface area (Å²) in [7, 11) is 0. The Balaban J connectivity index is 4.33. The van der Waals surface area contributed by atoms with Gasteiger partial charge in [-0.15, -0.1) is 0 Å². The first kappa shape index (κ1) is 65.1.